The zero-order valence-corrected chi connectivity index (χ0v) is 10.4. The molecule has 0 amide bonds. The molecule has 14 heavy (non-hydrogen) atoms. The number of aldehydes is 1. The Bertz CT molecular complexity index is 337. The molecule has 1 nitrogen and oxygen atoms in total. The van der Waals surface area contributed by atoms with Crippen molar-refractivity contribution in [1.82, 2.24) is 0 Å². The van der Waals surface area contributed by atoms with Crippen molar-refractivity contribution < 1.29 is 4.79 Å². The van der Waals surface area contributed by atoms with E-state index in [0.717, 1.165) is 22.7 Å². The zero-order chi connectivity index (χ0) is 10.8. The minimum atomic E-state index is 0.0145. The fourth-order valence-corrected chi connectivity index (χ4v) is 2.21. The minimum absolute atomic E-state index is 0.0145. The maximum atomic E-state index is 10.9. The zero-order valence-electron chi connectivity index (χ0n) is 8.80. The molecule has 0 saturated heterocycles. The molecule has 0 bridgehead atoms. The lowest BCUT2D eigenvalue weighted by molar-refractivity contribution is 0.112. The Morgan fingerprint density at radius 1 is 1.36 bits per heavy atom. The molecule has 76 valence electrons. The molecule has 1 aromatic carbocycles. The maximum absolute atomic E-state index is 10.9. The van der Waals surface area contributed by atoms with Crippen molar-refractivity contribution in [3.05, 3.63) is 34.9 Å². The molecule has 0 radical (unpaired) electrons. The van der Waals surface area contributed by atoms with Crippen LogP contribution in [0.4, 0.5) is 0 Å². The Morgan fingerprint density at radius 3 is 2.43 bits per heavy atom. The molecule has 0 aromatic heterocycles. The van der Waals surface area contributed by atoms with Crippen LogP contribution in [-0.4, -0.2) is 6.29 Å². The van der Waals surface area contributed by atoms with Crippen molar-refractivity contribution in [1.29, 1.82) is 0 Å². The number of alkyl halides is 1. The summed E-state index contributed by atoms with van der Waals surface area (Å²) in [7, 11) is 0. The number of hydrogen-bond acceptors (Lipinski definition) is 1. The number of hydrogen-bond donors (Lipinski definition) is 0. The molecule has 0 heterocycles. The Hall–Kier alpha value is -0.630. The summed E-state index contributed by atoms with van der Waals surface area (Å²) in [5, 5.41) is 0.793. The van der Waals surface area contributed by atoms with Gasteiger partial charge in [0.15, 0.2) is 0 Å². The number of benzene rings is 1. The van der Waals surface area contributed by atoms with Gasteiger partial charge in [-0.1, -0.05) is 54.9 Å². The normalized spacial score (nSPS) is 11.4. The van der Waals surface area contributed by atoms with E-state index in [1.54, 1.807) is 0 Å². The van der Waals surface area contributed by atoms with Crippen molar-refractivity contribution in [3.63, 3.8) is 0 Å². The van der Waals surface area contributed by atoms with E-state index in [9.17, 15) is 4.79 Å². The fourth-order valence-electron chi connectivity index (χ4n) is 1.74. The summed E-state index contributed by atoms with van der Waals surface area (Å²) in [5.41, 5.74) is 3.16. The lowest BCUT2D eigenvalue weighted by Crippen LogP contribution is -2.16. The SMILES string of the molecule is CC(C)(C)c1c(C=O)cccc1CBr. The smallest absolute Gasteiger partial charge is 0.150 e. The predicted octanol–water partition coefficient (Wildman–Crippen LogP) is 3.69. The lowest BCUT2D eigenvalue weighted by atomic mass is 9.81. The second kappa shape index (κ2) is 4.26. The minimum Gasteiger partial charge on any atom is -0.298 e. The molecule has 0 atom stereocenters. The molecule has 1 rings (SSSR count). The van der Waals surface area contributed by atoms with Crippen LogP contribution in [0.15, 0.2) is 18.2 Å². The maximum Gasteiger partial charge on any atom is 0.150 e. The number of carbonyl (C=O) groups is 1. The Kier molecular flexibility index (Phi) is 3.48. The van der Waals surface area contributed by atoms with E-state index in [1.165, 1.54) is 5.56 Å². The summed E-state index contributed by atoms with van der Waals surface area (Å²) in [6.07, 6.45) is 0.937. The van der Waals surface area contributed by atoms with Crippen molar-refractivity contribution in [3.8, 4) is 0 Å². The highest BCUT2D eigenvalue weighted by Gasteiger charge is 2.20. The van der Waals surface area contributed by atoms with Crippen LogP contribution in [0, 0.1) is 0 Å². The highest BCUT2D eigenvalue weighted by molar-refractivity contribution is 9.08. The summed E-state index contributed by atoms with van der Waals surface area (Å²) in [5.74, 6) is 0. The van der Waals surface area contributed by atoms with Gasteiger partial charge >= 0.3 is 0 Å². The molecule has 0 N–H and O–H groups in total. The van der Waals surface area contributed by atoms with Crippen LogP contribution in [-0.2, 0) is 10.7 Å². The van der Waals surface area contributed by atoms with Crippen molar-refractivity contribution >= 4 is 22.2 Å². The first-order chi connectivity index (χ1) is 6.50. The predicted molar refractivity (Wildman–Crippen MR) is 63.2 cm³/mol. The van der Waals surface area contributed by atoms with E-state index >= 15 is 0 Å². The molecule has 0 spiro atoms. The molecule has 0 aliphatic rings. The highest BCUT2D eigenvalue weighted by Crippen LogP contribution is 2.29. The van der Waals surface area contributed by atoms with Gasteiger partial charge in [-0.3, -0.25) is 4.79 Å². The first-order valence-electron chi connectivity index (χ1n) is 4.64. The third-order valence-electron chi connectivity index (χ3n) is 2.20. The average Bonchev–Trinajstić information content (AvgIpc) is 2.15. The summed E-state index contributed by atoms with van der Waals surface area (Å²) in [6.45, 7) is 6.38. The van der Waals surface area contributed by atoms with Gasteiger partial charge in [-0.2, -0.15) is 0 Å². The number of rotatable bonds is 2. The quantitative estimate of drug-likeness (QED) is 0.581. The molecular formula is C12H15BrO. The van der Waals surface area contributed by atoms with Crippen molar-refractivity contribution in [2.45, 2.75) is 31.5 Å². The second-order valence-corrected chi connectivity index (χ2v) is 4.94. The largest absolute Gasteiger partial charge is 0.298 e. The molecule has 2 heteroatoms. The summed E-state index contributed by atoms with van der Waals surface area (Å²) in [6, 6.07) is 5.86. The number of carbonyl (C=O) groups excluding carboxylic acids is 1. The van der Waals surface area contributed by atoms with Gasteiger partial charge in [0, 0.05) is 10.9 Å². The molecule has 1 aromatic rings. The van der Waals surface area contributed by atoms with Crippen LogP contribution in [0.3, 0.4) is 0 Å². The van der Waals surface area contributed by atoms with Crippen LogP contribution in [0.25, 0.3) is 0 Å². The molecule has 0 aliphatic carbocycles. The second-order valence-electron chi connectivity index (χ2n) is 4.38. The van der Waals surface area contributed by atoms with Crippen molar-refractivity contribution in [2.75, 3.05) is 0 Å². The summed E-state index contributed by atoms with van der Waals surface area (Å²) in [4.78, 5) is 10.9. The van der Waals surface area contributed by atoms with Gasteiger partial charge in [0.2, 0.25) is 0 Å². The molecule has 0 aliphatic heterocycles. The van der Waals surface area contributed by atoms with E-state index in [2.05, 4.69) is 42.8 Å². The monoisotopic (exact) mass is 254 g/mol. The van der Waals surface area contributed by atoms with Gasteiger partial charge in [-0.25, -0.2) is 0 Å². The molecular weight excluding hydrogens is 240 g/mol. The first-order valence-corrected chi connectivity index (χ1v) is 5.76. The van der Waals surface area contributed by atoms with Gasteiger partial charge in [-0.15, -0.1) is 0 Å². The van der Waals surface area contributed by atoms with Gasteiger partial charge < -0.3 is 0 Å². The average molecular weight is 255 g/mol. The van der Waals surface area contributed by atoms with Gasteiger partial charge in [-0.05, 0) is 16.5 Å². The summed E-state index contributed by atoms with van der Waals surface area (Å²) < 4.78 is 0. The number of halogens is 1. The van der Waals surface area contributed by atoms with Crippen molar-refractivity contribution in [2.24, 2.45) is 0 Å². The van der Waals surface area contributed by atoms with E-state index in [-0.39, 0.29) is 5.41 Å². The Morgan fingerprint density at radius 2 is 2.00 bits per heavy atom. The molecule has 0 fully saturated rings. The third-order valence-corrected chi connectivity index (χ3v) is 2.81. The summed E-state index contributed by atoms with van der Waals surface area (Å²) >= 11 is 3.45. The van der Waals surface area contributed by atoms with Gasteiger partial charge in [0.1, 0.15) is 6.29 Å². The van der Waals surface area contributed by atoms with E-state index in [4.69, 9.17) is 0 Å². The van der Waals surface area contributed by atoms with Crippen LogP contribution < -0.4 is 0 Å². The Balaban J connectivity index is 3.41. The third kappa shape index (κ3) is 2.24. The van der Waals surface area contributed by atoms with E-state index in [0.29, 0.717) is 0 Å². The van der Waals surface area contributed by atoms with Crippen LogP contribution in [0.2, 0.25) is 0 Å². The van der Waals surface area contributed by atoms with Crippen LogP contribution in [0.1, 0.15) is 42.3 Å². The molecule has 0 unspecified atom stereocenters. The van der Waals surface area contributed by atoms with Gasteiger partial charge in [0.05, 0.1) is 0 Å². The van der Waals surface area contributed by atoms with Crippen LogP contribution >= 0.6 is 15.9 Å². The standard InChI is InChI=1S/C12H15BrO/c1-12(2,3)11-9(7-13)5-4-6-10(11)8-14/h4-6,8H,7H2,1-3H3. The fraction of sp³-hybridized carbons (Fsp3) is 0.417. The topological polar surface area (TPSA) is 17.1 Å². The first kappa shape index (κ1) is 11.4. The van der Waals surface area contributed by atoms with E-state index < -0.39 is 0 Å². The highest BCUT2D eigenvalue weighted by atomic mass is 79.9. The van der Waals surface area contributed by atoms with E-state index in [1.807, 2.05) is 12.1 Å². The van der Waals surface area contributed by atoms with Crippen LogP contribution in [0.5, 0.6) is 0 Å². The lowest BCUT2D eigenvalue weighted by Gasteiger charge is -2.24. The Labute approximate surface area is 93.7 Å². The molecule has 0 saturated carbocycles. The van der Waals surface area contributed by atoms with Gasteiger partial charge in [0.25, 0.3) is 0 Å².